The van der Waals surface area contributed by atoms with E-state index in [4.69, 9.17) is 9.47 Å². The van der Waals surface area contributed by atoms with E-state index < -0.39 is 36.3 Å². The molecule has 2 aliphatic rings. The zero-order valence-corrected chi connectivity index (χ0v) is 21.5. The number of aliphatic hydroxyl groups excluding tert-OH is 2. The number of rotatable bonds is 10. The second kappa shape index (κ2) is 12.5. The number of alkyl carbamates (subject to hydrolysis) is 1. The number of aliphatic hydroxyl groups is 2. The summed E-state index contributed by atoms with van der Waals surface area (Å²) >= 11 is 0. The van der Waals surface area contributed by atoms with E-state index in [1.165, 1.54) is 0 Å². The first kappa shape index (κ1) is 27.1. The summed E-state index contributed by atoms with van der Waals surface area (Å²) < 4.78 is 10.7. The Morgan fingerprint density at radius 2 is 1.84 bits per heavy atom. The third kappa shape index (κ3) is 7.09. The van der Waals surface area contributed by atoms with E-state index in [1.54, 1.807) is 0 Å². The van der Waals surface area contributed by atoms with E-state index in [0.29, 0.717) is 32.5 Å². The van der Waals surface area contributed by atoms with Gasteiger partial charge in [0.05, 0.1) is 37.5 Å². The maximum Gasteiger partial charge on any atom is 0.407 e. The minimum Gasteiger partial charge on any atom is -0.444 e. The SMILES string of the molecule is CC(C)C(NC(=O)OC1CCOC1)C(O)CC(Cc1ccccc1)C(=O)N[C@H]1c2ccccc2C[C@@H]1O. The highest BCUT2D eigenvalue weighted by Gasteiger charge is 2.36. The number of hydrogen-bond donors (Lipinski definition) is 4. The predicted octanol–water partition coefficient (Wildman–Crippen LogP) is 2.91. The maximum absolute atomic E-state index is 13.6. The van der Waals surface area contributed by atoms with Gasteiger partial charge >= 0.3 is 6.09 Å². The molecule has 200 valence electrons. The third-order valence-corrected chi connectivity index (χ3v) is 7.30. The molecule has 2 aromatic carbocycles. The quantitative estimate of drug-likeness (QED) is 0.391. The molecule has 0 bridgehead atoms. The van der Waals surface area contributed by atoms with Crippen molar-refractivity contribution >= 4 is 12.0 Å². The maximum atomic E-state index is 13.6. The summed E-state index contributed by atoms with van der Waals surface area (Å²) in [7, 11) is 0. The van der Waals surface area contributed by atoms with Crippen LogP contribution in [0.1, 0.15) is 49.4 Å². The Labute approximate surface area is 218 Å². The van der Waals surface area contributed by atoms with Crippen molar-refractivity contribution in [3.8, 4) is 0 Å². The molecular weight excluding hydrogens is 472 g/mol. The van der Waals surface area contributed by atoms with Crippen LogP contribution in [0.25, 0.3) is 0 Å². The van der Waals surface area contributed by atoms with Gasteiger partial charge in [0.15, 0.2) is 0 Å². The van der Waals surface area contributed by atoms with Crippen molar-refractivity contribution < 1.29 is 29.3 Å². The topological polar surface area (TPSA) is 117 Å². The van der Waals surface area contributed by atoms with Crippen molar-refractivity contribution in [2.45, 2.75) is 69.9 Å². The molecule has 4 unspecified atom stereocenters. The van der Waals surface area contributed by atoms with Crippen LogP contribution in [-0.4, -0.2) is 59.8 Å². The first-order chi connectivity index (χ1) is 17.8. The van der Waals surface area contributed by atoms with Crippen LogP contribution in [0.15, 0.2) is 54.6 Å². The first-order valence-electron chi connectivity index (χ1n) is 13.1. The zero-order valence-electron chi connectivity index (χ0n) is 21.5. The average Bonchev–Trinajstić information content (AvgIpc) is 3.50. The molecule has 8 heteroatoms. The first-order valence-corrected chi connectivity index (χ1v) is 13.1. The Hall–Kier alpha value is -2.94. The molecular formula is C29H38N2O6. The van der Waals surface area contributed by atoms with Gasteiger partial charge in [-0.05, 0) is 35.4 Å². The highest BCUT2D eigenvalue weighted by Crippen LogP contribution is 2.32. The summed E-state index contributed by atoms with van der Waals surface area (Å²) in [5.74, 6) is -0.900. The fourth-order valence-electron chi connectivity index (χ4n) is 5.27. The lowest BCUT2D eigenvalue weighted by molar-refractivity contribution is -0.127. The molecule has 1 heterocycles. The molecule has 0 aromatic heterocycles. The molecule has 2 aromatic rings. The summed E-state index contributed by atoms with van der Waals surface area (Å²) in [4.78, 5) is 26.1. The fraction of sp³-hybridized carbons (Fsp3) is 0.517. The van der Waals surface area contributed by atoms with E-state index in [9.17, 15) is 19.8 Å². The molecule has 1 saturated heterocycles. The van der Waals surface area contributed by atoms with E-state index in [2.05, 4.69) is 10.6 Å². The van der Waals surface area contributed by atoms with Crippen molar-refractivity contribution in [1.82, 2.24) is 10.6 Å². The van der Waals surface area contributed by atoms with Gasteiger partial charge < -0.3 is 30.3 Å². The summed E-state index contributed by atoms with van der Waals surface area (Å²) in [6, 6.07) is 16.3. The lowest BCUT2D eigenvalue weighted by Crippen LogP contribution is -2.49. The van der Waals surface area contributed by atoms with Gasteiger partial charge in [0.2, 0.25) is 5.91 Å². The van der Waals surface area contributed by atoms with Gasteiger partial charge in [-0.25, -0.2) is 4.79 Å². The Bertz CT molecular complexity index is 1040. The van der Waals surface area contributed by atoms with Crippen LogP contribution in [0.5, 0.6) is 0 Å². The average molecular weight is 511 g/mol. The van der Waals surface area contributed by atoms with Crippen LogP contribution in [0.2, 0.25) is 0 Å². The van der Waals surface area contributed by atoms with Crippen molar-refractivity contribution in [2.24, 2.45) is 11.8 Å². The molecule has 1 aliphatic carbocycles. The van der Waals surface area contributed by atoms with Gasteiger partial charge in [0.1, 0.15) is 6.10 Å². The van der Waals surface area contributed by atoms with Crippen LogP contribution < -0.4 is 10.6 Å². The van der Waals surface area contributed by atoms with E-state index in [1.807, 2.05) is 68.4 Å². The van der Waals surface area contributed by atoms with Crippen molar-refractivity contribution in [3.05, 3.63) is 71.3 Å². The zero-order chi connectivity index (χ0) is 26.4. The molecule has 0 spiro atoms. The Morgan fingerprint density at radius 3 is 2.54 bits per heavy atom. The summed E-state index contributed by atoms with van der Waals surface area (Å²) in [6.45, 7) is 4.75. The van der Waals surface area contributed by atoms with Crippen molar-refractivity contribution in [1.29, 1.82) is 0 Å². The predicted molar refractivity (Wildman–Crippen MR) is 139 cm³/mol. The largest absolute Gasteiger partial charge is 0.444 e. The molecule has 0 saturated carbocycles. The Kier molecular flexibility index (Phi) is 9.18. The van der Waals surface area contributed by atoms with Crippen LogP contribution in [0, 0.1) is 11.8 Å². The second-order valence-corrected chi connectivity index (χ2v) is 10.5. The van der Waals surface area contributed by atoms with Crippen LogP contribution >= 0.6 is 0 Å². The minimum atomic E-state index is -0.979. The van der Waals surface area contributed by atoms with Gasteiger partial charge in [0.25, 0.3) is 0 Å². The number of carbonyl (C=O) groups is 2. The molecule has 2 amide bonds. The number of nitrogens with one attached hydrogen (secondary N) is 2. The lowest BCUT2D eigenvalue weighted by atomic mass is 9.87. The van der Waals surface area contributed by atoms with Gasteiger partial charge in [0, 0.05) is 18.8 Å². The highest BCUT2D eigenvalue weighted by molar-refractivity contribution is 5.80. The number of amides is 2. The van der Waals surface area contributed by atoms with E-state index in [0.717, 1.165) is 16.7 Å². The third-order valence-electron chi connectivity index (χ3n) is 7.30. The molecule has 4 rings (SSSR count). The van der Waals surface area contributed by atoms with Gasteiger partial charge in [-0.2, -0.15) is 0 Å². The number of ether oxygens (including phenoxy) is 2. The summed E-state index contributed by atoms with van der Waals surface area (Å²) in [6.07, 6.45) is -0.872. The Morgan fingerprint density at radius 1 is 1.11 bits per heavy atom. The molecule has 1 fully saturated rings. The van der Waals surface area contributed by atoms with Crippen LogP contribution in [0.4, 0.5) is 4.79 Å². The lowest BCUT2D eigenvalue weighted by Gasteiger charge is -2.30. The van der Waals surface area contributed by atoms with Crippen molar-refractivity contribution in [3.63, 3.8) is 0 Å². The van der Waals surface area contributed by atoms with Gasteiger partial charge in [-0.3, -0.25) is 4.79 Å². The van der Waals surface area contributed by atoms with Gasteiger partial charge in [-0.1, -0.05) is 68.4 Å². The number of fused-ring (bicyclic) bond motifs is 1. The second-order valence-electron chi connectivity index (χ2n) is 10.5. The Balaban J connectivity index is 1.46. The van der Waals surface area contributed by atoms with E-state index in [-0.39, 0.29) is 24.3 Å². The van der Waals surface area contributed by atoms with Crippen LogP contribution in [-0.2, 0) is 27.1 Å². The number of benzene rings is 2. The highest BCUT2D eigenvalue weighted by atomic mass is 16.6. The smallest absolute Gasteiger partial charge is 0.407 e. The minimum absolute atomic E-state index is 0.0913. The molecule has 8 nitrogen and oxygen atoms in total. The summed E-state index contributed by atoms with van der Waals surface area (Å²) in [5.41, 5.74) is 2.91. The molecule has 4 N–H and O–H groups in total. The van der Waals surface area contributed by atoms with Gasteiger partial charge in [-0.15, -0.1) is 0 Å². The monoisotopic (exact) mass is 510 g/mol. The number of carbonyl (C=O) groups excluding carboxylic acids is 2. The number of hydrogen-bond acceptors (Lipinski definition) is 6. The van der Waals surface area contributed by atoms with E-state index >= 15 is 0 Å². The molecule has 6 atom stereocenters. The fourth-order valence-corrected chi connectivity index (χ4v) is 5.27. The summed E-state index contributed by atoms with van der Waals surface area (Å²) in [5, 5.41) is 27.7. The standard InChI is InChI=1S/C29H38N2O6/c1-18(2)26(31-29(35)37-22-12-13-36-17-22)24(32)16-21(14-19-8-4-3-5-9-19)28(34)30-27-23-11-7-6-10-20(23)15-25(27)33/h3-11,18,21-22,24-27,32-33H,12-17H2,1-2H3,(H,30,34)(H,31,35)/t21?,22?,24?,25-,26?,27-/m0/s1. The molecule has 37 heavy (non-hydrogen) atoms. The van der Waals surface area contributed by atoms with Crippen LogP contribution in [0.3, 0.4) is 0 Å². The van der Waals surface area contributed by atoms with Crippen molar-refractivity contribution in [2.75, 3.05) is 13.2 Å². The molecule has 0 radical (unpaired) electrons. The molecule has 1 aliphatic heterocycles. The normalized spacial score (nSPS) is 23.2.